The lowest BCUT2D eigenvalue weighted by molar-refractivity contribution is 0.0699. The van der Waals surface area contributed by atoms with E-state index in [0.717, 1.165) is 16.6 Å². The number of hydrogen-bond acceptors (Lipinski definition) is 2. The molecular weight excluding hydrogens is 228 g/mol. The molecule has 18 heavy (non-hydrogen) atoms. The number of carboxylic acid groups (broad SMARTS) is 1. The molecule has 0 unspecified atom stereocenters. The first kappa shape index (κ1) is 10.5. The van der Waals surface area contributed by atoms with E-state index >= 15 is 0 Å². The topological polar surface area (TPSA) is 66.0 Å². The third-order valence-corrected chi connectivity index (χ3v) is 2.88. The number of rotatable bonds is 2. The number of aromatic amines is 1. The van der Waals surface area contributed by atoms with Crippen molar-refractivity contribution in [1.82, 2.24) is 10.2 Å². The fraction of sp³-hybridized carbons (Fsp3) is 0. The van der Waals surface area contributed by atoms with Crippen molar-refractivity contribution in [2.75, 3.05) is 0 Å². The van der Waals surface area contributed by atoms with Crippen LogP contribution >= 0.6 is 0 Å². The molecule has 88 valence electrons. The second-order valence-corrected chi connectivity index (χ2v) is 3.97. The Labute approximate surface area is 103 Å². The molecule has 4 heteroatoms. The average molecular weight is 238 g/mol. The Morgan fingerprint density at radius 1 is 1.06 bits per heavy atom. The smallest absolute Gasteiger partial charge is 0.337 e. The summed E-state index contributed by atoms with van der Waals surface area (Å²) in [5.74, 6) is -0.955. The number of carboxylic acids is 1. The molecule has 1 aromatic heterocycles. The minimum Gasteiger partial charge on any atom is -0.478 e. The maximum absolute atomic E-state index is 11.1. The van der Waals surface area contributed by atoms with Crippen LogP contribution in [0.1, 0.15) is 10.4 Å². The lowest BCUT2D eigenvalue weighted by Gasteiger charge is -1.98. The molecule has 0 fully saturated rings. The van der Waals surface area contributed by atoms with Crippen LogP contribution in [-0.2, 0) is 0 Å². The van der Waals surface area contributed by atoms with Crippen molar-refractivity contribution >= 4 is 16.9 Å². The molecule has 0 amide bonds. The van der Waals surface area contributed by atoms with Crippen LogP contribution in [0.25, 0.3) is 22.2 Å². The van der Waals surface area contributed by atoms with Gasteiger partial charge < -0.3 is 5.11 Å². The van der Waals surface area contributed by atoms with Gasteiger partial charge in [-0.1, -0.05) is 42.5 Å². The fourth-order valence-electron chi connectivity index (χ4n) is 2.04. The van der Waals surface area contributed by atoms with Crippen LogP contribution in [0.4, 0.5) is 0 Å². The van der Waals surface area contributed by atoms with E-state index in [4.69, 9.17) is 5.11 Å². The van der Waals surface area contributed by atoms with E-state index in [1.54, 1.807) is 12.1 Å². The highest BCUT2D eigenvalue weighted by molar-refractivity contribution is 6.05. The molecule has 0 aliphatic heterocycles. The van der Waals surface area contributed by atoms with Gasteiger partial charge in [0.15, 0.2) is 0 Å². The Kier molecular flexibility index (Phi) is 2.34. The minimum atomic E-state index is -0.955. The number of H-pyrrole nitrogens is 1. The van der Waals surface area contributed by atoms with Crippen molar-refractivity contribution in [3.63, 3.8) is 0 Å². The van der Waals surface area contributed by atoms with Crippen LogP contribution in [0, 0.1) is 0 Å². The molecule has 2 aromatic carbocycles. The van der Waals surface area contributed by atoms with Gasteiger partial charge in [0.1, 0.15) is 0 Å². The van der Waals surface area contributed by atoms with Crippen LogP contribution in [-0.4, -0.2) is 21.3 Å². The number of benzene rings is 2. The summed E-state index contributed by atoms with van der Waals surface area (Å²) in [5.41, 5.74) is 2.53. The monoisotopic (exact) mass is 238 g/mol. The SMILES string of the molecule is O=C(O)c1cccc2c(-c3ccccc3)n[nH]c12. The lowest BCUT2D eigenvalue weighted by atomic mass is 10.1. The third kappa shape index (κ3) is 1.55. The third-order valence-electron chi connectivity index (χ3n) is 2.88. The summed E-state index contributed by atoms with van der Waals surface area (Å²) in [6.07, 6.45) is 0. The number of fused-ring (bicyclic) bond motifs is 1. The van der Waals surface area contributed by atoms with Crippen molar-refractivity contribution < 1.29 is 9.90 Å². The van der Waals surface area contributed by atoms with Gasteiger partial charge in [0.05, 0.1) is 16.8 Å². The van der Waals surface area contributed by atoms with Gasteiger partial charge in [-0.15, -0.1) is 0 Å². The highest BCUT2D eigenvalue weighted by Gasteiger charge is 2.13. The number of para-hydroxylation sites is 1. The Bertz CT molecular complexity index is 717. The van der Waals surface area contributed by atoms with Crippen molar-refractivity contribution in [2.24, 2.45) is 0 Å². The van der Waals surface area contributed by atoms with Crippen molar-refractivity contribution in [2.45, 2.75) is 0 Å². The molecule has 0 atom stereocenters. The summed E-state index contributed by atoms with van der Waals surface area (Å²) in [6.45, 7) is 0. The van der Waals surface area contributed by atoms with E-state index in [-0.39, 0.29) is 5.56 Å². The molecule has 4 nitrogen and oxygen atoms in total. The maximum atomic E-state index is 11.1. The molecular formula is C14H10N2O2. The second kappa shape index (κ2) is 4.00. The predicted molar refractivity (Wildman–Crippen MR) is 68.5 cm³/mol. The van der Waals surface area contributed by atoms with Gasteiger partial charge in [0.25, 0.3) is 0 Å². The number of hydrogen-bond donors (Lipinski definition) is 2. The summed E-state index contributed by atoms with van der Waals surface area (Å²) in [5, 5.41) is 17.0. The number of nitrogens with zero attached hydrogens (tertiary/aromatic N) is 1. The summed E-state index contributed by atoms with van der Waals surface area (Å²) < 4.78 is 0. The molecule has 3 rings (SSSR count). The highest BCUT2D eigenvalue weighted by Crippen LogP contribution is 2.27. The van der Waals surface area contributed by atoms with Gasteiger partial charge in [-0.3, -0.25) is 5.10 Å². The Hall–Kier alpha value is -2.62. The van der Waals surface area contributed by atoms with Crippen molar-refractivity contribution in [1.29, 1.82) is 0 Å². The van der Waals surface area contributed by atoms with Crippen LogP contribution in [0.15, 0.2) is 48.5 Å². The van der Waals surface area contributed by atoms with E-state index in [2.05, 4.69) is 10.2 Å². The van der Waals surface area contributed by atoms with Gasteiger partial charge in [0.2, 0.25) is 0 Å². The second-order valence-electron chi connectivity index (χ2n) is 3.97. The number of aromatic carboxylic acids is 1. The van der Waals surface area contributed by atoms with Crippen molar-refractivity contribution in [3.05, 3.63) is 54.1 Å². The Balaban J connectivity index is 2.28. The van der Waals surface area contributed by atoms with Gasteiger partial charge in [-0.2, -0.15) is 5.10 Å². The molecule has 0 bridgehead atoms. The zero-order chi connectivity index (χ0) is 12.5. The lowest BCUT2D eigenvalue weighted by Crippen LogP contribution is -1.96. The molecule has 2 N–H and O–H groups in total. The summed E-state index contributed by atoms with van der Waals surface area (Å²) in [4.78, 5) is 11.1. The fourth-order valence-corrected chi connectivity index (χ4v) is 2.04. The zero-order valence-corrected chi connectivity index (χ0v) is 9.42. The normalized spacial score (nSPS) is 10.7. The number of nitrogens with one attached hydrogen (secondary N) is 1. The number of aromatic nitrogens is 2. The first-order valence-corrected chi connectivity index (χ1v) is 5.53. The molecule has 3 aromatic rings. The van der Waals surface area contributed by atoms with E-state index in [9.17, 15) is 4.79 Å². The van der Waals surface area contributed by atoms with Crippen LogP contribution in [0.2, 0.25) is 0 Å². The molecule has 0 saturated carbocycles. The van der Waals surface area contributed by atoms with E-state index < -0.39 is 5.97 Å². The van der Waals surface area contributed by atoms with Crippen LogP contribution < -0.4 is 0 Å². The first-order chi connectivity index (χ1) is 8.77. The van der Waals surface area contributed by atoms with Crippen molar-refractivity contribution in [3.8, 4) is 11.3 Å². The highest BCUT2D eigenvalue weighted by atomic mass is 16.4. The van der Waals surface area contributed by atoms with Gasteiger partial charge >= 0.3 is 5.97 Å². The molecule has 0 saturated heterocycles. The summed E-state index contributed by atoms with van der Waals surface area (Å²) in [7, 11) is 0. The standard InChI is InChI=1S/C14H10N2O2/c17-14(18)11-8-4-7-10-12(15-16-13(10)11)9-5-2-1-3-6-9/h1-8H,(H,15,16)(H,17,18). The largest absolute Gasteiger partial charge is 0.478 e. The molecule has 0 radical (unpaired) electrons. The van der Waals surface area contributed by atoms with E-state index in [1.807, 2.05) is 36.4 Å². The van der Waals surface area contributed by atoms with E-state index in [1.165, 1.54) is 0 Å². The zero-order valence-electron chi connectivity index (χ0n) is 9.42. The van der Waals surface area contributed by atoms with Gasteiger partial charge in [-0.05, 0) is 6.07 Å². The molecule has 0 aliphatic rings. The first-order valence-electron chi connectivity index (χ1n) is 5.53. The Morgan fingerprint density at radius 3 is 2.56 bits per heavy atom. The maximum Gasteiger partial charge on any atom is 0.337 e. The van der Waals surface area contributed by atoms with Gasteiger partial charge in [0, 0.05) is 10.9 Å². The quantitative estimate of drug-likeness (QED) is 0.721. The molecule has 0 spiro atoms. The Morgan fingerprint density at radius 2 is 1.83 bits per heavy atom. The predicted octanol–water partition coefficient (Wildman–Crippen LogP) is 2.93. The summed E-state index contributed by atoms with van der Waals surface area (Å²) >= 11 is 0. The molecule has 0 aliphatic carbocycles. The van der Waals surface area contributed by atoms with Gasteiger partial charge in [-0.25, -0.2) is 4.79 Å². The van der Waals surface area contributed by atoms with Crippen LogP contribution in [0.3, 0.4) is 0 Å². The van der Waals surface area contributed by atoms with E-state index in [0.29, 0.717) is 5.52 Å². The average Bonchev–Trinajstić information content (AvgIpc) is 2.83. The molecule has 1 heterocycles. The summed E-state index contributed by atoms with van der Waals surface area (Å²) in [6, 6.07) is 14.8. The number of carbonyl (C=O) groups is 1. The minimum absolute atomic E-state index is 0.238. The van der Waals surface area contributed by atoms with Crippen LogP contribution in [0.5, 0.6) is 0 Å².